The summed E-state index contributed by atoms with van der Waals surface area (Å²) in [6.45, 7) is 11.2. The van der Waals surface area contributed by atoms with Crippen LogP contribution in [0.2, 0.25) is 0 Å². The van der Waals surface area contributed by atoms with Crippen LogP contribution in [0, 0.1) is 0 Å². The number of quaternary nitrogens is 1. The first-order valence-corrected chi connectivity index (χ1v) is 8.52. The lowest BCUT2D eigenvalue weighted by Crippen LogP contribution is -3.15. The second-order valence-corrected chi connectivity index (χ2v) is 6.10. The summed E-state index contributed by atoms with van der Waals surface area (Å²) < 4.78 is 17.2. The molecule has 1 aliphatic heterocycles. The zero-order valence-electron chi connectivity index (χ0n) is 14.1. The average Bonchev–Trinajstić information content (AvgIpc) is 2.48. The SMILES string of the molecule is CCOc1ccccc1OCCCC[NH+]1C[C@@H](C)O[C@@H](C)C1. The molecular weight excluding hydrogens is 278 g/mol. The Kier molecular flexibility index (Phi) is 7.00. The number of unbranched alkanes of at least 4 members (excludes halogenated alkanes) is 1. The van der Waals surface area contributed by atoms with Crippen LogP contribution in [0.1, 0.15) is 33.6 Å². The molecule has 1 fully saturated rings. The average molecular weight is 308 g/mol. The first kappa shape index (κ1) is 17.1. The maximum Gasteiger partial charge on any atom is 0.161 e. The molecule has 0 radical (unpaired) electrons. The fourth-order valence-electron chi connectivity index (χ4n) is 3.10. The summed E-state index contributed by atoms with van der Waals surface area (Å²) in [6, 6.07) is 7.89. The van der Waals surface area contributed by atoms with Crippen LogP contribution in [0.3, 0.4) is 0 Å². The van der Waals surface area contributed by atoms with E-state index in [1.165, 1.54) is 13.0 Å². The monoisotopic (exact) mass is 308 g/mol. The van der Waals surface area contributed by atoms with E-state index in [1.807, 2.05) is 31.2 Å². The molecule has 4 heteroatoms. The molecule has 0 saturated carbocycles. The molecule has 1 aromatic rings. The Morgan fingerprint density at radius 2 is 1.68 bits per heavy atom. The normalized spacial score (nSPS) is 25.0. The summed E-state index contributed by atoms with van der Waals surface area (Å²) in [5.74, 6) is 1.69. The highest BCUT2D eigenvalue weighted by Crippen LogP contribution is 2.26. The lowest BCUT2D eigenvalue weighted by molar-refractivity contribution is -0.915. The number of hydrogen-bond donors (Lipinski definition) is 1. The smallest absolute Gasteiger partial charge is 0.161 e. The first-order chi connectivity index (χ1) is 10.7. The molecule has 1 aromatic carbocycles. The summed E-state index contributed by atoms with van der Waals surface area (Å²) in [6.07, 6.45) is 3.03. The van der Waals surface area contributed by atoms with Gasteiger partial charge in [0.2, 0.25) is 0 Å². The van der Waals surface area contributed by atoms with Crippen molar-refractivity contribution >= 4 is 0 Å². The highest BCUT2D eigenvalue weighted by atomic mass is 16.5. The lowest BCUT2D eigenvalue weighted by Gasteiger charge is -2.32. The quantitative estimate of drug-likeness (QED) is 0.745. The standard InChI is InChI=1S/C18H29NO3/c1-4-20-17-9-5-6-10-18(17)21-12-8-7-11-19-13-15(2)22-16(3)14-19/h5-6,9-10,15-16H,4,7-8,11-14H2,1-3H3/p+1/t15-,16+. The third kappa shape index (κ3) is 5.50. The van der Waals surface area contributed by atoms with Crippen molar-refractivity contribution < 1.29 is 19.1 Å². The molecule has 1 unspecified atom stereocenters. The Hall–Kier alpha value is -1.26. The topological polar surface area (TPSA) is 32.1 Å². The van der Waals surface area contributed by atoms with E-state index in [-0.39, 0.29) is 0 Å². The number of morpholine rings is 1. The molecule has 0 bridgehead atoms. The van der Waals surface area contributed by atoms with Crippen LogP contribution in [0.15, 0.2) is 24.3 Å². The Balaban J connectivity index is 1.65. The second kappa shape index (κ2) is 9.01. The van der Waals surface area contributed by atoms with Gasteiger partial charge in [-0.1, -0.05) is 12.1 Å². The minimum atomic E-state index is 0.382. The van der Waals surface area contributed by atoms with Crippen molar-refractivity contribution in [2.24, 2.45) is 0 Å². The first-order valence-electron chi connectivity index (χ1n) is 8.52. The molecule has 2 rings (SSSR count). The molecule has 124 valence electrons. The van der Waals surface area contributed by atoms with Crippen LogP contribution >= 0.6 is 0 Å². The van der Waals surface area contributed by atoms with Crippen LogP contribution in [0.25, 0.3) is 0 Å². The summed E-state index contributed by atoms with van der Waals surface area (Å²) in [7, 11) is 0. The van der Waals surface area contributed by atoms with Crippen molar-refractivity contribution in [2.45, 2.75) is 45.8 Å². The van der Waals surface area contributed by atoms with Crippen molar-refractivity contribution in [1.82, 2.24) is 0 Å². The van der Waals surface area contributed by atoms with E-state index in [1.54, 1.807) is 4.90 Å². The van der Waals surface area contributed by atoms with Crippen LogP contribution in [-0.4, -0.2) is 45.1 Å². The highest BCUT2D eigenvalue weighted by Gasteiger charge is 2.24. The maximum atomic E-state index is 5.86. The highest BCUT2D eigenvalue weighted by molar-refractivity contribution is 5.39. The van der Waals surface area contributed by atoms with Crippen molar-refractivity contribution in [3.05, 3.63) is 24.3 Å². The number of benzene rings is 1. The van der Waals surface area contributed by atoms with Gasteiger partial charge in [0.05, 0.1) is 19.8 Å². The molecule has 0 aromatic heterocycles. The number of ether oxygens (including phenoxy) is 3. The van der Waals surface area contributed by atoms with Crippen LogP contribution in [0.4, 0.5) is 0 Å². The number of nitrogens with one attached hydrogen (secondary N) is 1. The van der Waals surface area contributed by atoms with Gasteiger partial charge in [0, 0.05) is 0 Å². The third-order valence-electron chi connectivity index (χ3n) is 3.95. The largest absolute Gasteiger partial charge is 0.490 e. The molecule has 22 heavy (non-hydrogen) atoms. The van der Waals surface area contributed by atoms with E-state index < -0.39 is 0 Å². The maximum absolute atomic E-state index is 5.86. The minimum Gasteiger partial charge on any atom is -0.490 e. The second-order valence-electron chi connectivity index (χ2n) is 6.10. The van der Waals surface area contributed by atoms with Gasteiger partial charge in [-0.25, -0.2) is 0 Å². The van der Waals surface area contributed by atoms with E-state index in [9.17, 15) is 0 Å². The van der Waals surface area contributed by atoms with Crippen molar-refractivity contribution in [3.63, 3.8) is 0 Å². The summed E-state index contributed by atoms with van der Waals surface area (Å²) in [5.41, 5.74) is 0. The lowest BCUT2D eigenvalue weighted by atomic mass is 10.2. The molecule has 1 saturated heterocycles. The van der Waals surface area contributed by atoms with Gasteiger partial charge < -0.3 is 19.1 Å². The summed E-state index contributed by atoms with van der Waals surface area (Å²) in [4.78, 5) is 1.65. The van der Waals surface area contributed by atoms with Gasteiger partial charge >= 0.3 is 0 Å². The van der Waals surface area contributed by atoms with E-state index in [0.717, 1.165) is 37.6 Å². The molecular formula is C18H30NO3+. The molecule has 1 heterocycles. The van der Waals surface area contributed by atoms with Gasteiger partial charge in [-0.2, -0.15) is 0 Å². The summed E-state index contributed by atoms with van der Waals surface area (Å²) in [5, 5.41) is 0. The van der Waals surface area contributed by atoms with E-state index in [0.29, 0.717) is 18.8 Å². The minimum absolute atomic E-state index is 0.382. The number of rotatable bonds is 8. The fourth-order valence-corrected chi connectivity index (χ4v) is 3.10. The Bertz CT molecular complexity index is 428. The predicted molar refractivity (Wildman–Crippen MR) is 87.9 cm³/mol. The molecule has 1 aliphatic rings. The zero-order valence-corrected chi connectivity index (χ0v) is 14.1. The van der Waals surface area contributed by atoms with E-state index in [4.69, 9.17) is 14.2 Å². The van der Waals surface area contributed by atoms with Gasteiger partial charge in [0.25, 0.3) is 0 Å². The predicted octanol–water partition coefficient (Wildman–Crippen LogP) is 1.94. The summed E-state index contributed by atoms with van der Waals surface area (Å²) >= 11 is 0. The van der Waals surface area contributed by atoms with Crippen molar-refractivity contribution in [2.75, 3.05) is 32.8 Å². The van der Waals surface area contributed by atoms with E-state index >= 15 is 0 Å². The van der Waals surface area contributed by atoms with E-state index in [2.05, 4.69) is 13.8 Å². The Labute approximate surface area is 134 Å². The number of para-hydroxylation sites is 2. The van der Waals surface area contributed by atoms with Gasteiger partial charge in [0.1, 0.15) is 25.3 Å². The molecule has 1 N–H and O–H groups in total. The fraction of sp³-hybridized carbons (Fsp3) is 0.667. The van der Waals surface area contributed by atoms with Gasteiger partial charge in [-0.3, -0.25) is 0 Å². The van der Waals surface area contributed by atoms with Crippen LogP contribution < -0.4 is 14.4 Å². The molecule has 0 amide bonds. The zero-order chi connectivity index (χ0) is 15.8. The molecule has 4 nitrogen and oxygen atoms in total. The van der Waals surface area contributed by atoms with Gasteiger partial charge in [-0.05, 0) is 45.7 Å². The molecule has 3 atom stereocenters. The van der Waals surface area contributed by atoms with Crippen molar-refractivity contribution in [1.29, 1.82) is 0 Å². The van der Waals surface area contributed by atoms with Crippen LogP contribution in [-0.2, 0) is 4.74 Å². The number of hydrogen-bond acceptors (Lipinski definition) is 3. The Morgan fingerprint density at radius 3 is 2.32 bits per heavy atom. The molecule has 0 aliphatic carbocycles. The van der Waals surface area contributed by atoms with Crippen LogP contribution in [0.5, 0.6) is 11.5 Å². The van der Waals surface area contributed by atoms with Crippen molar-refractivity contribution in [3.8, 4) is 11.5 Å². The van der Waals surface area contributed by atoms with Gasteiger partial charge in [0.15, 0.2) is 11.5 Å². The Morgan fingerprint density at radius 1 is 1.05 bits per heavy atom. The van der Waals surface area contributed by atoms with Gasteiger partial charge in [-0.15, -0.1) is 0 Å². The third-order valence-corrected chi connectivity index (χ3v) is 3.95. The molecule has 0 spiro atoms.